The number of aromatic nitrogens is 2. The van der Waals surface area contributed by atoms with E-state index in [0.29, 0.717) is 18.3 Å². The lowest BCUT2D eigenvalue weighted by atomic mass is 9.98. The van der Waals surface area contributed by atoms with Crippen molar-refractivity contribution in [2.75, 3.05) is 44.8 Å². The Hall–Kier alpha value is -1.40. The first kappa shape index (κ1) is 16.0. The van der Waals surface area contributed by atoms with Gasteiger partial charge in [0.1, 0.15) is 0 Å². The van der Waals surface area contributed by atoms with Crippen LogP contribution < -0.4 is 15.8 Å². The van der Waals surface area contributed by atoms with Gasteiger partial charge in [-0.25, -0.2) is 4.98 Å². The van der Waals surface area contributed by atoms with Gasteiger partial charge in [0.15, 0.2) is 5.82 Å². The van der Waals surface area contributed by atoms with Crippen molar-refractivity contribution in [3.8, 4) is 0 Å². The fourth-order valence-corrected chi connectivity index (χ4v) is 2.81. The number of nitrogens with zero attached hydrogens (tertiary/aromatic N) is 3. The van der Waals surface area contributed by atoms with Gasteiger partial charge in [-0.1, -0.05) is 0 Å². The van der Waals surface area contributed by atoms with Crippen molar-refractivity contribution in [1.82, 2.24) is 14.9 Å². The molecular weight excluding hydrogens is 268 g/mol. The third kappa shape index (κ3) is 4.28. The fraction of sp³-hybridized carbons (Fsp3) is 0.733. The van der Waals surface area contributed by atoms with Crippen LogP contribution >= 0.6 is 0 Å². The summed E-state index contributed by atoms with van der Waals surface area (Å²) in [5.41, 5.74) is 0.0213. The Morgan fingerprint density at radius 2 is 2.38 bits per heavy atom. The van der Waals surface area contributed by atoms with E-state index in [2.05, 4.69) is 15.2 Å². The molecular formula is C15H26N4O2. The van der Waals surface area contributed by atoms with Crippen molar-refractivity contribution in [1.29, 1.82) is 0 Å². The van der Waals surface area contributed by atoms with Crippen LogP contribution in [-0.4, -0.2) is 49.4 Å². The molecule has 1 aliphatic heterocycles. The van der Waals surface area contributed by atoms with Crippen LogP contribution in [0.1, 0.15) is 19.8 Å². The predicted molar refractivity (Wildman–Crippen MR) is 83.9 cm³/mol. The average molecular weight is 294 g/mol. The van der Waals surface area contributed by atoms with Gasteiger partial charge in [0, 0.05) is 45.7 Å². The first-order valence-electron chi connectivity index (χ1n) is 7.76. The highest BCUT2D eigenvalue weighted by molar-refractivity contribution is 5.36. The summed E-state index contributed by atoms with van der Waals surface area (Å²) in [5.74, 6) is 1.16. The molecule has 1 aromatic heterocycles. The number of nitrogens with one attached hydrogen (secondary N) is 1. The number of hydrogen-bond acceptors (Lipinski definition) is 5. The minimum absolute atomic E-state index is 0.0213. The Labute approximate surface area is 126 Å². The maximum absolute atomic E-state index is 12.3. The van der Waals surface area contributed by atoms with Crippen LogP contribution in [0.15, 0.2) is 17.2 Å². The Morgan fingerprint density at radius 3 is 3.14 bits per heavy atom. The van der Waals surface area contributed by atoms with E-state index < -0.39 is 0 Å². The molecule has 0 radical (unpaired) electrons. The molecule has 0 amide bonds. The van der Waals surface area contributed by atoms with Crippen molar-refractivity contribution in [3.05, 3.63) is 22.7 Å². The second-order valence-corrected chi connectivity index (χ2v) is 5.49. The van der Waals surface area contributed by atoms with E-state index in [-0.39, 0.29) is 5.56 Å². The number of hydrogen-bond donors (Lipinski definition) is 1. The summed E-state index contributed by atoms with van der Waals surface area (Å²) < 4.78 is 6.75. The number of anilines is 1. The van der Waals surface area contributed by atoms with E-state index in [0.717, 1.165) is 39.2 Å². The average Bonchev–Trinajstić information content (AvgIpc) is 2.52. The summed E-state index contributed by atoms with van der Waals surface area (Å²) in [6.45, 7) is 7.06. The van der Waals surface area contributed by atoms with Crippen molar-refractivity contribution in [3.63, 3.8) is 0 Å². The minimum atomic E-state index is 0.0213. The monoisotopic (exact) mass is 294 g/mol. The van der Waals surface area contributed by atoms with Gasteiger partial charge >= 0.3 is 0 Å². The molecule has 1 atom stereocenters. The lowest BCUT2D eigenvalue weighted by Crippen LogP contribution is -2.43. The number of aryl methyl sites for hydroxylation is 1. The highest BCUT2D eigenvalue weighted by Gasteiger charge is 2.22. The standard InChI is InChI=1S/C15H26N4O2/c1-3-18-9-6-17-14(15(18)20)19-8-4-5-13(12-19)11-16-7-10-21-2/h6,9,13,16H,3-5,7-8,10-12H2,1-2H3. The molecule has 1 fully saturated rings. The Kier molecular flexibility index (Phi) is 6.20. The van der Waals surface area contributed by atoms with Crippen molar-refractivity contribution in [2.45, 2.75) is 26.3 Å². The van der Waals surface area contributed by atoms with E-state index in [1.54, 1.807) is 24.1 Å². The van der Waals surface area contributed by atoms with Gasteiger partial charge in [0.25, 0.3) is 5.56 Å². The Bertz CT molecular complexity index is 489. The van der Waals surface area contributed by atoms with E-state index in [9.17, 15) is 4.79 Å². The van der Waals surface area contributed by atoms with Crippen molar-refractivity contribution in [2.24, 2.45) is 5.92 Å². The molecule has 1 aromatic rings. The van der Waals surface area contributed by atoms with Crippen LogP contribution in [-0.2, 0) is 11.3 Å². The summed E-state index contributed by atoms with van der Waals surface area (Å²) in [7, 11) is 1.71. The quantitative estimate of drug-likeness (QED) is 0.751. The lowest BCUT2D eigenvalue weighted by molar-refractivity contribution is 0.197. The van der Waals surface area contributed by atoms with Crippen molar-refractivity contribution < 1.29 is 4.74 Å². The van der Waals surface area contributed by atoms with Crippen LogP contribution in [0.5, 0.6) is 0 Å². The number of ether oxygens (including phenoxy) is 1. The molecule has 2 rings (SSSR count). The Morgan fingerprint density at radius 1 is 1.52 bits per heavy atom. The zero-order valence-corrected chi connectivity index (χ0v) is 13.0. The van der Waals surface area contributed by atoms with E-state index in [1.807, 2.05) is 6.92 Å². The first-order chi connectivity index (χ1) is 10.3. The van der Waals surface area contributed by atoms with Gasteiger partial charge in [0.2, 0.25) is 0 Å². The molecule has 0 spiro atoms. The molecule has 1 saturated heterocycles. The summed E-state index contributed by atoms with van der Waals surface area (Å²) in [4.78, 5) is 18.8. The number of rotatable bonds is 7. The SMILES string of the molecule is CCn1ccnc(N2CCCC(CNCCOC)C2)c1=O. The second kappa shape index (κ2) is 8.14. The van der Waals surface area contributed by atoms with E-state index in [4.69, 9.17) is 4.74 Å². The molecule has 0 aromatic carbocycles. The van der Waals surface area contributed by atoms with E-state index in [1.165, 1.54) is 6.42 Å². The first-order valence-corrected chi connectivity index (χ1v) is 7.76. The minimum Gasteiger partial charge on any atom is -0.383 e. The molecule has 1 unspecified atom stereocenters. The third-order valence-electron chi connectivity index (χ3n) is 3.97. The Balaban J connectivity index is 1.96. The maximum Gasteiger partial charge on any atom is 0.293 e. The third-order valence-corrected chi connectivity index (χ3v) is 3.97. The second-order valence-electron chi connectivity index (χ2n) is 5.49. The molecule has 1 aliphatic rings. The van der Waals surface area contributed by atoms with E-state index >= 15 is 0 Å². The van der Waals surface area contributed by atoms with Gasteiger partial charge in [0.05, 0.1) is 6.61 Å². The molecule has 1 N–H and O–H groups in total. The summed E-state index contributed by atoms with van der Waals surface area (Å²) in [6, 6.07) is 0. The highest BCUT2D eigenvalue weighted by Crippen LogP contribution is 2.18. The molecule has 6 nitrogen and oxygen atoms in total. The van der Waals surface area contributed by atoms with Crippen LogP contribution in [0.25, 0.3) is 0 Å². The van der Waals surface area contributed by atoms with Gasteiger partial charge in [-0.2, -0.15) is 0 Å². The zero-order chi connectivity index (χ0) is 15.1. The number of methoxy groups -OCH3 is 1. The molecule has 0 aliphatic carbocycles. The molecule has 6 heteroatoms. The smallest absolute Gasteiger partial charge is 0.293 e. The summed E-state index contributed by atoms with van der Waals surface area (Å²) in [5, 5.41) is 3.41. The topological polar surface area (TPSA) is 59.4 Å². The van der Waals surface area contributed by atoms with Gasteiger partial charge in [-0.05, 0) is 32.2 Å². The van der Waals surface area contributed by atoms with Crippen LogP contribution in [0.2, 0.25) is 0 Å². The fourth-order valence-electron chi connectivity index (χ4n) is 2.81. The number of piperidine rings is 1. The lowest BCUT2D eigenvalue weighted by Gasteiger charge is -2.33. The molecule has 0 saturated carbocycles. The zero-order valence-electron chi connectivity index (χ0n) is 13.0. The van der Waals surface area contributed by atoms with Gasteiger partial charge in [-0.15, -0.1) is 0 Å². The maximum atomic E-state index is 12.3. The molecule has 2 heterocycles. The largest absolute Gasteiger partial charge is 0.383 e. The summed E-state index contributed by atoms with van der Waals surface area (Å²) >= 11 is 0. The van der Waals surface area contributed by atoms with Gasteiger partial charge in [-0.3, -0.25) is 4.79 Å². The highest BCUT2D eigenvalue weighted by atomic mass is 16.5. The predicted octanol–water partition coefficient (Wildman–Crippen LogP) is 0.716. The van der Waals surface area contributed by atoms with Crippen LogP contribution in [0.3, 0.4) is 0 Å². The van der Waals surface area contributed by atoms with Crippen LogP contribution in [0, 0.1) is 5.92 Å². The van der Waals surface area contributed by atoms with Crippen molar-refractivity contribution >= 4 is 5.82 Å². The van der Waals surface area contributed by atoms with Gasteiger partial charge < -0.3 is 19.5 Å². The summed E-state index contributed by atoms with van der Waals surface area (Å²) in [6.07, 6.45) is 5.78. The molecule has 0 bridgehead atoms. The normalized spacial score (nSPS) is 19.0. The molecule has 118 valence electrons. The molecule has 21 heavy (non-hydrogen) atoms. The van der Waals surface area contributed by atoms with Crippen LogP contribution in [0.4, 0.5) is 5.82 Å².